The molecule has 0 saturated carbocycles. The Morgan fingerprint density at radius 3 is 2.56 bits per heavy atom. The molecule has 0 unspecified atom stereocenters. The van der Waals surface area contributed by atoms with Crippen LogP contribution in [0.15, 0.2) is 55.4 Å². The summed E-state index contributed by atoms with van der Waals surface area (Å²) in [6, 6.07) is 4.64. The van der Waals surface area contributed by atoms with Crippen LogP contribution in [-0.2, 0) is 4.74 Å². The van der Waals surface area contributed by atoms with E-state index in [1.54, 1.807) is 13.1 Å². The average Bonchev–Trinajstić information content (AvgIpc) is 3.69. The Hall–Kier alpha value is -4.44. The number of halogens is 6. The Labute approximate surface area is 233 Å². The summed E-state index contributed by atoms with van der Waals surface area (Å²) in [5.74, 6) is -0.375. The molecule has 1 N–H and O–H groups in total. The normalized spacial score (nSPS) is 12.5. The summed E-state index contributed by atoms with van der Waals surface area (Å²) in [6.45, 7) is -1.68. The summed E-state index contributed by atoms with van der Waals surface area (Å²) in [6.07, 6.45) is 3.70. The topological polar surface area (TPSA) is 113 Å². The van der Waals surface area contributed by atoms with E-state index in [2.05, 4.69) is 30.2 Å². The molecular weight excluding hydrogens is 577 g/mol. The zero-order chi connectivity index (χ0) is 29.3. The minimum absolute atomic E-state index is 0.0285. The van der Waals surface area contributed by atoms with Gasteiger partial charge in [0, 0.05) is 17.2 Å². The van der Waals surface area contributed by atoms with Crippen molar-refractivity contribution in [3.05, 3.63) is 83.4 Å². The van der Waals surface area contributed by atoms with Gasteiger partial charge in [-0.25, -0.2) is 27.5 Å². The van der Waals surface area contributed by atoms with Crippen LogP contribution in [0.4, 0.5) is 22.0 Å². The smallest absolute Gasteiger partial charge is 0.323 e. The van der Waals surface area contributed by atoms with Crippen molar-refractivity contribution < 1.29 is 36.6 Å². The molecule has 0 amide bonds. The number of aryl methyl sites for hydroxylation is 1. The second-order valence-corrected chi connectivity index (χ2v) is 9.09. The lowest BCUT2D eigenvalue weighted by Gasteiger charge is -2.15. The van der Waals surface area contributed by atoms with Crippen molar-refractivity contribution in [3.63, 3.8) is 0 Å². The van der Waals surface area contributed by atoms with Crippen LogP contribution < -0.4 is 4.73 Å². The van der Waals surface area contributed by atoms with Crippen LogP contribution in [0.3, 0.4) is 0 Å². The van der Waals surface area contributed by atoms with Gasteiger partial charge in [0.15, 0.2) is 5.82 Å². The lowest BCUT2D eigenvalue weighted by molar-refractivity contribution is -0.910. The first-order valence-electron chi connectivity index (χ1n) is 11.9. The maximum Gasteiger partial charge on any atom is 0.345 e. The van der Waals surface area contributed by atoms with Crippen molar-refractivity contribution >= 4 is 11.6 Å². The van der Waals surface area contributed by atoms with Gasteiger partial charge in [-0.2, -0.15) is 19.0 Å². The number of hydrogen-bond acceptors (Lipinski definition) is 7. The molecule has 1 atom stereocenters. The van der Waals surface area contributed by atoms with E-state index in [1.165, 1.54) is 46.2 Å². The Morgan fingerprint density at radius 1 is 1.10 bits per heavy atom. The first-order valence-corrected chi connectivity index (χ1v) is 12.3. The predicted molar refractivity (Wildman–Crippen MR) is 131 cm³/mol. The van der Waals surface area contributed by atoms with E-state index in [0.717, 1.165) is 17.1 Å². The fourth-order valence-electron chi connectivity index (χ4n) is 4.18. The molecule has 214 valence electrons. The second-order valence-electron chi connectivity index (χ2n) is 8.68. The Morgan fingerprint density at radius 2 is 1.90 bits per heavy atom. The third-order valence-electron chi connectivity index (χ3n) is 6.06. The van der Waals surface area contributed by atoms with Gasteiger partial charge >= 0.3 is 6.61 Å². The summed E-state index contributed by atoms with van der Waals surface area (Å²) in [7, 11) is 0. The van der Waals surface area contributed by atoms with Crippen molar-refractivity contribution in [3.8, 4) is 22.5 Å². The molecular formula is C24H20ClF5N9O2+. The maximum atomic E-state index is 15.3. The summed E-state index contributed by atoms with van der Waals surface area (Å²) < 4.78 is 75.9. The van der Waals surface area contributed by atoms with Crippen LogP contribution in [0.1, 0.15) is 36.1 Å². The first kappa shape index (κ1) is 28.1. The van der Waals surface area contributed by atoms with Gasteiger partial charge in [0.2, 0.25) is 6.20 Å². The Bertz CT molecular complexity index is 1670. The summed E-state index contributed by atoms with van der Waals surface area (Å²) in [4.78, 5) is 4.06. The zero-order valence-corrected chi connectivity index (χ0v) is 21.7. The van der Waals surface area contributed by atoms with E-state index in [-0.39, 0.29) is 40.6 Å². The predicted octanol–water partition coefficient (Wildman–Crippen LogP) is 4.49. The van der Waals surface area contributed by atoms with Gasteiger partial charge in [-0.3, -0.25) is 9.89 Å². The number of benzene rings is 1. The van der Waals surface area contributed by atoms with E-state index < -0.39 is 30.6 Å². The van der Waals surface area contributed by atoms with Gasteiger partial charge in [-0.1, -0.05) is 16.8 Å². The molecule has 5 aromatic rings. The summed E-state index contributed by atoms with van der Waals surface area (Å²) in [5.41, 5.74) is 0.0577. The van der Waals surface area contributed by atoms with Gasteiger partial charge in [0.25, 0.3) is 12.1 Å². The molecule has 0 spiro atoms. The van der Waals surface area contributed by atoms with Crippen LogP contribution in [0.2, 0.25) is 5.02 Å². The quantitative estimate of drug-likeness (QED) is 0.144. The van der Waals surface area contributed by atoms with E-state index >= 15 is 4.39 Å². The molecule has 1 aromatic carbocycles. The highest BCUT2D eigenvalue weighted by Gasteiger charge is 2.29. The maximum absolute atomic E-state index is 15.3. The summed E-state index contributed by atoms with van der Waals surface area (Å²) >= 11 is 6.01. The lowest BCUT2D eigenvalue weighted by Crippen LogP contribution is -2.38. The van der Waals surface area contributed by atoms with Crippen LogP contribution in [0.25, 0.3) is 22.5 Å². The SMILES string of the molecule is Cc1ncn(-c2cnn([C@@H](CCOC(F)F)c3ccc(-c4c(-n5cc(C(F)F)nn5)ccc(Cl)c4F)c[n+]3O)c2)n1. The Balaban J connectivity index is 1.54. The van der Waals surface area contributed by atoms with Crippen molar-refractivity contribution in [1.82, 2.24) is 39.5 Å². The van der Waals surface area contributed by atoms with Crippen LogP contribution in [-0.4, -0.2) is 58.0 Å². The molecule has 0 aliphatic heterocycles. The van der Waals surface area contributed by atoms with Crippen LogP contribution in [0, 0.1) is 12.7 Å². The van der Waals surface area contributed by atoms with Gasteiger partial charge in [0.1, 0.15) is 29.6 Å². The number of hydrogen-bond donors (Lipinski definition) is 1. The van der Waals surface area contributed by atoms with Crippen molar-refractivity contribution in [2.75, 3.05) is 6.61 Å². The standard InChI is InChI=1S/C24H20ClF5N9O2/c1-13-31-12-38(34-13)15-8-32-36(10-15)18(6-7-41-24(29)30)19-4-2-14(9-39(19)40)21-20(5-3-16(25)22(21)26)37-11-17(23(27)28)33-35-37/h2-5,8-12,18,23-24,40H,6-7H2,1H3/q+1/t18-/m0/s1. The second kappa shape index (κ2) is 11.6. The number of aromatic nitrogens is 9. The minimum atomic E-state index is -3.00. The molecule has 0 bridgehead atoms. The fraction of sp³-hybridized carbons (Fsp3) is 0.250. The highest BCUT2D eigenvalue weighted by molar-refractivity contribution is 6.31. The largest absolute Gasteiger partial charge is 0.345 e. The highest BCUT2D eigenvalue weighted by Crippen LogP contribution is 2.34. The van der Waals surface area contributed by atoms with Gasteiger partial charge in [0.05, 0.1) is 47.0 Å². The van der Waals surface area contributed by atoms with Crippen LogP contribution in [0.5, 0.6) is 0 Å². The highest BCUT2D eigenvalue weighted by atomic mass is 35.5. The molecule has 5 rings (SSSR count). The number of ether oxygens (including phenoxy) is 1. The number of pyridine rings is 1. The molecule has 41 heavy (non-hydrogen) atoms. The fourth-order valence-corrected chi connectivity index (χ4v) is 4.34. The monoisotopic (exact) mass is 596 g/mol. The lowest BCUT2D eigenvalue weighted by atomic mass is 10.0. The molecule has 4 heterocycles. The first-order chi connectivity index (χ1) is 19.6. The van der Waals surface area contributed by atoms with E-state index in [9.17, 15) is 22.8 Å². The molecule has 0 saturated heterocycles. The molecule has 0 radical (unpaired) electrons. The van der Waals surface area contributed by atoms with E-state index in [1.807, 2.05) is 0 Å². The van der Waals surface area contributed by atoms with Crippen molar-refractivity contribution in [2.24, 2.45) is 0 Å². The third-order valence-corrected chi connectivity index (χ3v) is 6.35. The molecule has 0 aliphatic rings. The van der Waals surface area contributed by atoms with Crippen molar-refractivity contribution in [2.45, 2.75) is 32.4 Å². The molecule has 17 heteroatoms. The average molecular weight is 597 g/mol. The number of nitrogens with zero attached hydrogens (tertiary/aromatic N) is 9. The Kier molecular flexibility index (Phi) is 7.94. The summed E-state index contributed by atoms with van der Waals surface area (Å²) in [5, 5.41) is 26.3. The molecule has 0 aliphatic carbocycles. The van der Waals surface area contributed by atoms with E-state index in [0.29, 0.717) is 16.2 Å². The van der Waals surface area contributed by atoms with Crippen molar-refractivity contribution in [1.29, 1.82) is 0 Å². The van der Waals surface area contributed by atoms with Crippen LogP contribution >= 0.6 is 11.6 Å². The number of rotatable bonds is 10. The van der Waals surface area contributed by atoms with Gasteiger partial charge in [-0.05, 0) is 25.1 Å². The van der Waals surface area contributed by atoms with Gasteiger partial charge in [-0.15, -0.1) is 5.10 Å². The third kappa shape index (κ3) is 5.88. The van der Waals surface area contributed by atoms with Gasteiger partial charge < -0.3 is 4.74 Å². The molecule has 11 nitrogen and oxygen atoms in total. The minimum Gasteiger partial charge on any atom is -0.323 e. The molecule has 4 aromatic heterocycles. The zero-order valence-electron chi connectivity index (χ0n) is 21.0. The van der Waals surface area contributed by atoms with E-state index in [4.69, 9.17) is 11.6 Å². The molecule has 0 fully saturated rings. The number of alkyl halides is 4.